The molecule has 0 saturated heterocycles. The van der Waals surface area contributed by atoms with Crippen molar-refractivity contribution >= 4 is 17.4 Å². The standard InChI is InChI=1S/C21H19N9/c1-14-4-3-5-16(24-14)13-20-28-27-19-12-15(8-11-30(19)20)17-6-9-22-21(25-17)26-18-7-10-23-29(18)2/h3-12H,13H2,1-2H3,(H,22,25,26). The first-order valence-corrected chi connectivity index (χ1v) is 9.50. The average molecular weight is 397 g/mol. The summed E-state index contributed by atoms with van der Waals surface area (Å²) in [6.45, 7) is 1.98. The molecule has 0 spiro atoms. The van der Waals surface area contributed by atoms with Gasteiger partial charge in [0.25, 0.3) is 0 Å². The normalized spacial score (nSPS) is 11.1. The molecule has 9 heteroatoms. The number of aromatic nitrogens is 8. The summed E-state index contributed by atoms with van der Waals surface area (Å²) in [4.78, 5) is 13.5. The van der Waals surface area contributed by atoms with Crippen LogP contribution < -0.4 is 5.32 Å². The van der Waals surface area contributed by atoms with Crippen LogP contribution in [0.25, 0.3) is 16.9 Å². The van der Waals surface area contributed by atoms with Crippen molar-refractivity contribution in [2.75, 3.05) is 5.32 Å². The van der Waals surface area contributed by atoms with Crippen LogP contribution in [0, 0.1) is 6.92 Å². The summed E-state index contributed by atoms with van der Waals surface area (Å²) in [6, 6.07) is 13.7. The van der Waals surface area contributed by atoms with Gasteiger partial charge in [0.1, 0.15) is 11.6 Å². The van der Waals surface area contributed by atoms with Crippen LogP contribution in [0.4, 0.5) is 11.8 Å². The van der Waals surface area contributed by atoms with Crippen molar-refractivity contribution in [2.45, 2.75) is 13.3 Å². The van der Waals surface area contributed by atoms with Gasteiger partial charge in [-0.3, -0.25) is 14.1 Å². The van der Waals surface area contributed by atoms with Crippen molar-refractivity contribution in [2.24, 2.45) is 7.05 Å². The van der Waals surface area contributed by atoms with Crippen molar-refractivity contribution < 1.29 is 0 Å². The molecule has 148 valence electrons. The number of rotatable bonds is 5. The van der Waals surface area contributed by atoms with Crippen molar-refractivity contribution in [3.05, 3.63) is 78.3 Å². The zero-order valence-electron chi connectivity index (χ0n) is 16.6. The molecular formula is C21H19N9. The number of nitrogens with zero attached hydrogens (tertiary/aromatic N) is 8. The third-order valence-electron chi connectivity index (χ3n) is 4.78. The number of pyridine rings is 2. The Labute approximate surface area is 172 Å². The summed E-state index contributed by atoms with van der Waals surface area (Å²) in [5.41, 5.74) is 4.44. The molecule has 0 unspecified atom stereocenters. The lowest BCUT2D eigenvalue weighted by Gasteiger charge is -2.07. The van der Waals surface area contributed by atoms with Gasteiger partial charge in [-0.2, -0.15) is 5.10 Å². The Balaban J connectivity index is 1.43. The van der Waals surface area contributed by atoms with E-state index in [1.807, 2.05) is 67.0 Å². The van der Waals surface area contributed by atoms with E-state index in [2.05, 4.69) is 35.6 Å². The van der Waals surface area contributed by atoms with Gasteiger partial charge in [-0.1, -0.05) is 6.07 Å². The number of fused-ring (bicyclic) bond motifs is 1. The predicted molar refractivity (Wildman–Crippen MR) is 112 cm³/mol. The molecule has 0 aliphatic rings. The molecule has 30 heavy (non-hydrogen) atoms. The maximum absolute atomic E-state index is 4.62. The van der Waals surface area contributed by atoms with E-state index >= 15 is 0 Å². The first kappa shape index (κ1) is 17.9. The van der Waals surface area contributed by atoms with Crippen LogP contribution in [0.15, 0.2) is 61.1 Å². The van der Waals surface area contributed by atoms with Crippen molar-refractivity contribution in [3.8, 4) is 11.3 Å². The first-order chi connectivity index (χ1) is 14.7. The van der Waals surface area contributed by atoms with Crippen LogP contribution in [0.5, 0.6) is 0 Å². The number of aryl methyl sites for hydroxylation is 2. The van der Waals surface area contributed by atoms with Crippen LogP contribution in [0.3, 0.4) is 0 Å². The van der Waals surface area contributed by atoms with Gasteiger partial charge in [-0.25, -0.2) is 9.97 Å². The Kier molecular flexibility index (Phi) is 4.40. The fraction of sp³-hybridized carbons (Fsp3) is 0.143. The summed E-state index contributed by atoms with van der Waals surface area (Å²) in [5, 5.41) is 16.0. The second kappa shape index (κ2) is 7.36. The highest BCUT2D eigenvalue weighted by atomic mass is 15.3. The lowest BCUT2D eigenvalue weighted by atomic mass is 10.2. The van der Waals surface area contributed by atoms with E-state index in [4.69, 9.17) is 0 Å². The zero-order valence-corrected chi connectivity index (χ0v) is 16.6. The molecule has 1 N–H and O–H groups in total. The van der Waals surface area contributed by atoms with Gasteiger partial charge in [-0.05, 0) is 37.3 Å². The smallest absolute Gasteiger partial charge is 0.228 e. The molecule has 5 aromatic rings. The minimum absolute atomic E-state index is 0.503. The predicted octanol–water partition coefficient (Wildman–Crippen LogP) is 2.96. The summed E-state index contributed by atoms with van der Waals surface area (Å²) in [7, 11) is 1.86. The number of hydrogen-bond donors (Lipinski definition) is 1. The molecule has 0 saturated carbocycles. The Morgan fingerprint density at radius 1 is 1.00 bits per heavy atom. The number of hydrogen-bond acceptors (Lipinski definition) is 7. The molecule has 0 aliphatic heterocycles. The first-order valence-electron chi connectivity index (χ1n) is 9.50. The third kappa shape index (κ3) is 3.48. The zero-order chi connectivity index (χ0) is 20.5. The Hall–Kier alpha value is -4.14. The fourth-order valence-corrected chi connectivity index (χ4v) is 3.27. The summed E-state index contributed by atoms with van der Waals surface area (Å²) >= 11 is 0. The highest BCUT2D eigenvalue weighted by molar-refractivity contribution is 5.65. The molecule has 0 aliphatic carbocycles. The van der Waals surface area contributed by atoms with Crippen LogP contribution >= 0.6 is 0 Å². The fourth-order valence-electron chi connectivity index (χ4n) is 3.27. The molecule has 5 heterocycles. The van der Waals surface area contributed by atoms with E-state index in [9.17, 15) is 0 Å². The molecular weight excluding hydrogens is 378 g/mol. The Bertz CT molecular complexity index is 1340. The molecule has 0 fully saturated rings. The van der Waals surface area contributed by atoms with E-state index < -0.39 is 0 Å². The topological polar surface area (TPSA) is 98.7 Å². The number of nitrogens with one attached hydrogen (secondary N) is 1. The minimum Gasteiger partial charge on any atom is -0.309 e. The maximum Gasteiger partial charge on any atom is 0.228 e. The van der Waals surface area contributed by atoms with Crippen LogP contribution in [-0.2, 0) is 13.5 Å². The SMILES string of the molecule is Cc1cccc(Cc2nnc3cc(-c4ccnc(Nc5ccnn5C)n4)ccn23)n1. The molecule has 9 nitrogen and oxygen atoms in total. The van der Waals surface area contributed by atoms with Crippen LogP contribution in [-0.4, -0.2) is 39.3 Å². The second-order valence-electron chi connectivity index (χ2n) is 6.94. The van der Waals surface area contributed by atoms with E-state index in [1.54, 1.807) is 17.1 Å². The maximum atomic E-state index is 4.62. The van der Waals surface area contributed by atoms with Gasteiger partial charge in [0.15, 0.2) is 5.65 Å². The van der Waals surface area contributed by atoms with Crippen molar-refractivity contribution in [1.82, 2.24) is 39.3 Å². The molecule has 5 rings (SSSR count). The van der Waals surface area contributed by atoms with E-state index in [1.165, 1.54) is 0 Å². The average Bonchev–Trinajstić information content (AvgIpc) is 3.34. The molecule has 0 amide bonds. The van der Waals surface area contributed by atoms with E-state index in [-0.39, 0.29) is 0 Å². The summed E-state index contributed by atoms with van der Waals surface area (Å²) in [5.74, 6) is 2.16. The van der Waals surface area contributed by atoms with Gasteiger partial charge in [0.05, 0.1) is 18.3 Å². The van der Waals surface area contributed by atoms with Crippen LogP contribution in [0.1, 0.15) is 17.2 Å². The Morgan fingerprint density at radius 2 is 1.93 bits per heavy atom. The van der Waals surface area contributed by atoms with Gasteiger partial charge < -0.3 is 5.32 Å². The molecule has 0 atom stereocenters. The van der Waals surface area contributed by atoms with Gasteiger partial charge >= 0.3 is 0 Å². The summed E-state index contributed by atoms with van der Waals surface area (Å²) in [6.07, 6.45) is 6.03. The van der Waals surface area contributed by atoms with Gasteiger partial charge in [0, 0.05) is 42.5 Å². The second-order valence-corrected chi connectivity index (χ2v) is 6.94. The molecule has 5 aromatic heterocycles. The highest BCUT2D eigenvalue weighted by Crippen LogP contribution is 2.21. The van der Waals surface area contributed by atoms with Gasteiger partial charge in [0.2, 0.25) is 5.95 Å². The molecule has 0 aromatic carbocycles. The van der Waals surface area contributed by atoms with E-state index in [0.717, 1.165) is 39.9 Å². The lowest BCUT2D eigenvalue weighted by molar-refractivity contribution is 0.775. The largest absolute Gasteiger partial charge is 0.309 e. The van der Waals surface area contributed by atoms with Crippen molar-refractivity contribution in [1.29, 1.82) is 0 Å². The Morgan fingerprint density at radius 3 is 2.77 bits per heavy atom. The monoisotopic (exact) mass is 397 g/mol. The quantitative estimate of drug-likeness (QED) is 0.487. The van der Waals surface area contributed by atoms with Crippen LogP contribution in [0.2, 0.25) is 0 Å². The third-order valence-corrected chi connectivity index (χ3v) is 4.78. The number of anilines is 2. The van der Waals surface area contributed by atoms with Crippen molar-refractivity contribution in [3.63, 3.8) is 0 Å². The minimum atomic E-state index is 0.503. The molecule has 0 bridgehead atoms. The van der Waals surface area contributed by atoms with E-state index in [0.29, 0.717) is 12.4 Å². The lowest BCUT2D eigenvalue weighted by Crippen LogP contribution is -2.03. The van der Waals surface area contributed by atoms with Gasteiger partial charge in [-0.15, -0.1) is 10.2 Å². The summed E-state index contributed by atoms with van der Waals surface area (Å²) < 4.78 is 3.70. The molecule has 0 radical (unpaired) electrons. The highest BCUT2D eigenvalue weighted by Gasteiger charge is 2.10.